The van der Waals surface area contributed by atoms with Gasteiger partial charge in [-0.1, -0.05) is 55.0 Å². The number of carbonyl (C=O) groups excluding carboxylic acids is 1. The Hall–Kier alpha value is -2.97. The standard InChI is InChI=1S/C29H30Cl2F2N2O4/c1-29(2,3)39-22(36)15-18-10-12-19(30)23(33)25(18)35-26(17-11-13-21(32)20(31)14-17)24(28(37)38)34-27(35)16-8-6-4-5-7-9-16/h10-14,16H,4-9,15H2,1-3H3,(H,37,38). The van der Waals surface area contributed by atoms with Crippen LogP contribution in [-0.4, -0.2) is 32.2 Å². The van der Waals surface area contributed by atoms with Gasteiger partial charge in [0.15, 0.2) is 11.5 Å². The second-order valence-corrected chi connectivity index (χ2v) is 11.6. The number of esters is 1. The molecule has 1 aliphatic carbocycles. The van der Waals surface area contributed by atoms with E-state index in [1.165, 1.54) is 28.8 Å². The summed E-state index contributed by atoms with van der Waals surface area (Å²) < 4.78 is 37.1. The highest BCUT2D eigenvalue weighted by Gasteiger charge is 2.32. The summed E-state index contributed by atoms with van der Waals surface area (Å²) in [5, 5.41) is 9.74. The molecule has 1 heterocycles. The van der Waals surface area contributed by atoms with Crippen LogP contribution in [0.3, 0.4) is 0 Å². The highest BCUT2D eigenvalue weighted by molar-refractivity contribution is 6.31. The highest BCUT2D eigenvalue weighted by Crippen LogP contribution is 2.40. The number of imidazole rings is 1. The Balaban J connectivity index is 2.05. The molecule has 1 aliphatic rings. The number of aromatic carboxylic acids is 1. The van der Waals surface area contributed by atoms with Gasteiger partial charge in [-0.15, -0.1) is 0 Å². The largest absolute Gasteiger partial charge is 0.476 e. The van der Waals surface area contributed by atoms with E-state index in [0.717, 1.165) is 44.6 Å². The van der Waals surface area contributed by atoms with E-state index in [1.807, 2.05) is 0 Å². The average Bonchev–Trinajstić information content (AvgIpc) is 3.03. The minimum atomic E-state index is -1.34. The average molecular weight is 579 g/mol. The number of carboxylic acids is 1. The first-order valence-corrected chi connectivity index (χ1v) is 13.6. The number of carboxylic acid groups (broad SMARTS) is 1. The molecule has 0 saturated heterocycles. The van der Waals surface area contributed by atoms with E-state index >= 15 is 4.39 Å². The van der Waals surface area contributed by atoms with E-state index in [9.17, 15) is 19.1 Å². The van der Waals surface area contributed by atoms with Crippen molar-refractivity contribution in [3.05, 3.63) is 69.1 Å². The van der Waals surface area contributed by atoms with E-state index in [1.54, 1.807) is 20.8 Å². The Kier molecular flexibility index (Phi) is 8.66. The Morgan fingerprint density at radius 3 is 2.31 bits per heavy atom. The van der Waals surface area contributed by atoms with Crippen LogP contribution in [-0.2, 0) is 16.0 Å². The predicted molar refractivity (Wildman–Crippen MR) is 146 cm³/mol. The van der Waals surface area contributed by atoms with Crippen LogP contribution in [0.15, 0.2) is 30.3 Å². The molecule has 208 valence electrons. The lowest BCUT2D eigenvalue weighted by molar-refractivity contribution is -0.153. The van der Waals surface area contributed by atoms with Gasteiger partial charge in [0.05, 0.1) is 27.8 Å². The summed E-state index contributed by atoms with van der Waals surface area (Å²) >= 11 is 12.3. The van der Waals surface area contributed by atoms with Crippen LogP contribution in [0.4, 0.5) is 8.78 Å². The van der Waals surface area contributed by atoms with Gasteiger partial charge in [0.2, 0.25) is 0 Å². The molecule has 3 aromatic rings. The Labute approximate surface area is 235 Å². The number of hydrogen-bond acceptors (Lipinski definition) is 4. The topological polar surface area (TPSA) is 81.4 Å². The molecular formula is C29H30Cl2F2N2O4. The maximum atomic E-state index is 16.0. The zero-order valence-electron chi connectivity index (χ0n) is 22.0. The molecule has 0 radical (unpaired) electrons. The number of aromatic nitrogens is 2. The van der Waals surface area contributed by atoms with Crippen molar-refractivity contribution in [2.45, 2.75) is 77.2 Å². The van der Waals surface area contributed by atoms with Gasteiger partial charge in [0.25, 0.3) is 0 Å². The fourth-order valence-electron chi connectivity index (χ4n) is 5.03. The van der Waals surface area contributed by atoms with Gasteiger partial charge in [0.1, 0.15) is 17.2 Å². The van der Waals surface area contributed by atoms with Crippen LogP contribution >= 0.6 is 23.2 Å². The molecule has 1 saturated carbocycles. The van der Waals surface area contributed by atoms with Crippen LogP contribution in [0.2, 0.25) is 10.0 Å². The maximum Gasteiger partial charge on any atom is 0.356 e. The van der Waals surface area contributed by atoms with Crippen molar-refractivity contribution in [3.8, 4) is 16.9 Å². The van der Waals surface area contributed by atoms with E-state index in [-0.39, 0.29) is 50.6 Å². The third kappa shape index (κ3) is 6.44. The summed E-state index contributed by atoms with van der Waals surface area (Å²) in [5.74, 6) is -3.29. The first kappa shape index (κ1) is 29.0. The molecule has 0 atom stereocenters. The molecule has 39 heavy (non-hydrogen) atoms. The van der Waals surface area contributed by atoms with Gasteiger partial charge in [-0.3, -0.25) is 9.36 Å². The fraction of sp³-hybridized carbons (Fsp3) is 0.414. The van der Waals surface area contributed by atoms with Crippen LogP contribution in [0, 0.1) is 11.6 Å². The number of rotatable bonds is 6. The fourth-order valence-corrected chi connectivity index (χ4v) is 5.36. The Morgan fingerprint density at radius 1 is 1.05 bits per heavy atom. The van der Waals surface area contributed by atoms with Gasteiger partial charge in [-0.25, -0.2) is 18.6 Å². The minimum Gasteiger partial charge on any atom is -0.476 e. The number of nitrogens with zero attached hydrogens (tertiary/aromatic N) is 2. The number of ether oxygens (including phenoxy) is 1. The van der Waals surface area contributed by atoms with E-state index in [0.29, 0.717) is 5.82 Å². The number of carbonyl (C=O) groups is 2. The van der Waals surface area contributed by atoms with Crippen LogP contribution in [0.5, 0.6) is 0 Å². The van der Waals surface area contributed by atoms with Crippen LogP contribution in [0.25, 0.3) is 16.9 Å². The molecule has 4 rings (SSSR count). The molecule has 0 aliphatic heterocycles. The first-order valence-electron chi connectivity index (χ1n) is 12.9. The third-order valence-corrected chi connectivity index (χ3v) is 7.23. The third-order valence-electron chi connectivity index (χ3n) is 6.65. The minimum absolute atomic E-state index is 0.0234. The molecule has 0 amide bonds. The summed E-state index contributed by atoms with van der Waals surface area (Å²) in [6.45, 7) is 5.18. The summed E-state index contributed by atoms with van der Waals surface area (Å²) in [6, 6.07) is 6.62. The van der Waals surface area contributed by atoms with Crippen LogP contribution < -0.4 is 0 Å². The summed E-state index contributed by atoms with van der Waals surface area (Å²) in [4.78, 5) is 29.9. The lowest BCUT2D eigenvalue weighted by Gasteiger charge is -2.23. The first-order chi connectivity index (χ1) is 18.4. The Morgan fingerprint density at radius 2 is 1.72 bits per heavy atom. The van der Waals surface area contributed by atoms with Gasteiger partial charge in [0, 0.05) is 11.5 Å². The molecule has 0 spiro atoms. The zero-order chi connectivity index (χ0) is 28.5. The lowest BCUT2D eigenvalue weighted by atomic mass is 9.98. The second kappa shape index (κ2) is 11.6. The predicted octanol–water partition coefficient (Wildman–Crippen LogP) is 8.14. The van der Waals surface area contributed by atoms with Gasteiger partial charge < -0.3 is 9.84 Å². The SMILES string of the molecule is CC(C)(C)OC(=O)Cc1ccc(Cl)c(F)c1-n1c(C2CCCCCC2)nc(C(=O)O)c1-c1ccc(F)c(Cl)c1. The van der Waals surface area contributed by atoms with Crippen molar-refractivity contribution in [3.63, 3.8) is 0 Å². The second-order valence-electron chi connectivity index (χ2n) is 10.8. The number of hydrogen-bond donors (Lipinski definition) is 1. The summed E-state index contributed by atoms with van der Waals surface area (Å²) in [7, 11) is 0. The van der Waals surface area contributed by atoms with E-state index < -0.39 is 29.2 Å². The zero-order valence-corrected chi connectivity index (χ0v) is 23.5. The monoisotopic (exact) mass is 578 g/mol. The van der Waals surface area contributed by atoms with E-state index in [2.05, 4.69) is 4.98 Å². The van der Waals surface area contributed by atoms with Crippen molar-refractivity contribution in [2.24, 2.45) is 0 Å². The van der Waals surface area contributed by atoms with Gasteiger partial charge >= 0.3 is 11.9 Å². The Bertz CT molecular complexity index is 1410. The number of halogens is 4. The smallest absolute Gasteiger partial charge is 0.356 e. The molecule has 1 aromatic heterocycles. The molecule has 0 unspecified atom stereocenters. The molecule has 6 nitrogen and oxygen atoms in total. The summed E-state index contributed by atoms with van der Waals surface area (Å²) in [6.07, 6.45) is 5.01. The molecule has 10 heteroatoms. The van der Waals surface area contributed by atoms with E-state index in [4.69, 9.17) is 27.9 Å². The molecule has 1 N–H and O–H groups in total. The normalized spacial score (nSPS) is 14.7. The van der Waals surface area contributed by atoms with Gasteiger partial charge in [-0.05, 0) is 63.4 Å². The van der Waals surface area contributed by atoms with Crippen molar-refractivity contribution >= 4 is 35.1 Å². The van der Waals surface area contributed by atoms with Gasteiger partial charge in [-0.2, -0.15) is 0 Å². The van der Waals surface area contributed by atoms with Crippen molar-refractivity contribution in [2.75, 3.05) is 0 Å². The molecule has 2 aromatic carbocycles. The summed E-state index contributed by atoms with van der Waals surface area (Å²) in [5.41, 5.74) is -0.703. The molecular weight excluding hydrogens is 549 g/mol. The highest BCUT2D eigenvalue weighted by atomic mass is 35.5. The maximum absolute atomic E-state index is 16.0. The van der Waals surface area contributed by atoms with Crippen molar-refractivity contribution in [1.82, 2.24) is 9.55 Å². The lowest BCUT2D eigenvalue weighted by Crippen LogP contribution is -2.25. The van der Waals surface area contributed by atoms with Crippen molar-refractivity contribution in [1.29, 1.82) is 0 Å². The van der Waals surface area contributed by atoms with Crippen LogP contribution in [0.1, 0.15) is 87.1 Å². The number of benzene rings is 2. The quantitative estimate of drug-likeness (QED) is 0.236. The van der Waals surface area contributed by atoms with Crippen molar-refractivity contribution < 1.29 is 28.2 Å². The molecule has 1 fully saturated rings. The molecule has 0 bridgehead atoms.